The van der Waals surface area contributed by atoms with Crippen molar-refractivity contribution in [2.75, 3.05) is 13.1 Å². The average Bonchev–Trinajstić information content (AvgIpc) is 2.54. The first-order valence-electron chi connectivity index (χ1n) is 8.47. The summed E-state index contributed by atoms with van der Waals surface area (Å²) in [6, 6.07) is 5.65. The van der Waals surface area contributed by atoms with Gasteiger partial charge in [-0.25, -0.2) is 13.6 Å². The van der Waals surface area contributed by atoms with E-state index in [0.717, 1.165) is 38.8 Å². The number of nitrogens with zero attached hydrogens (tertiary/aromatic N) is 1. The maximum absolute atomic E-state index is 12.3. The minimum atomic E-state index is -3.74. The lowest BCUT2D eigenvalue weighted by atomic mass is 10.2. The molecule has 0 aliphatic rings. The molecule has 1 rings (SSSR count). The number of carbonyl (C=O) groups excluding carboxylic acids is 1. The first-order valence-corrected chi connectivity index (χ1v) is 10.0. The van der Waals surface area contributed by atoms with Crippen molar-refractivity contribution in [1.29, 1.82) is 0 Å². The van der Waals surface area contributed by atoms with Gasteiger partial charge >= 0.3 is 0 Å². The summed E-state index contributed by atoms with van der Waals surface area (Å²) in [5.41, 5.74) is 0.417. The van der Waals surface area contributed by atoms with Gasteiger partial charge in [-0.3, -0.25) is 9.69 Å². The number of primary sulfonamides is 1. The number of nitrogens with two attached hydrogens (primary N) is 1. The van der Waals surface area contributed by atoms with Crippen LogP contribution in [0.4, 0.5) is 0 Å². The summed E-state index contributed by atoms with van der Waals surface area (Å²) in [5, 5.41) is 8.04. The van der Waals surface area contributed by atoms with E-state index in [1.165, 1.54) is 24.3 Å². The van der Waals surface area contributed by atoms with Crippen molar-refractivity contribution in [3.8, 4) is 0 Å². The van der Waals surface area contributed by atoms with Gasteiger partial charge in [0.2, 0.25) is 10.0 Å². The summed E-state index contributed by atoms with van der Waals surface area (Å²) < 4.78 is 22.5. The van der Waals surface area contributed by atoms with Crippen LogP contribution in [0.5, 0.6) is 0 Å². The standard InChI is InChI=1S/C17H29N3O3S/c1-4-6-12-20(13-7-5-2)14(3)19-17(21)15-8-10-16(11-9-15)24(18,22)23/h8-11,14H,4-7,12-13H2,1-3H3,(H,19,21)(H2,18,22,23). The van der Waals surface area contributed by atoms with E-state index in [1.54, 1.807) is 0 Å². The molecule has 6 nitrogen and oxygen atoms in total. The summed E-state index contributed by atoms with van der Waals surface area (Å²) in [7, 11) is -3.74. The third kappa shape index (κ3) is 6.59. The first kappa shape index (κ1) is 20.6. The van der Waals surface area contributed by atoms with Crippen molar-refractivity contribution in [2.24, 2.45) is 5.14 Å². The van der Waals surface area contributed by atoms with Crippen molar-refractivity contribution in [2.45, 2.75) is 57.5 Å². The Bertz CT molecular complexity index is 606. The van der Waals surface area contributed by atoms with E-state index >= 15 is 0 Å². The van der Waals surface area contributed by atoms with Gasteiger partial charge in [0, 0.05) is 18.7 Å². The quantitative estimate of drug-likeness (QED) is 0.630. The molecule has 1 amide bonds. The zero-order chi connectivity index (χ0) is 18.2. The number of benzene rings is 1. The zero-order valence-electron chi connectivity index (χ0n) is 14.8. The maximum Gasteiger partial charge on any atom is 0.252 e. The molecule has 0 radical (unpaired) electrons. The van der Waals surface area contributed by atoms with E-state index in [4.69, 9.17) is 5.14 Å². The Kier molecular flexibility index (Phi) is 8.38. The molecule has 0 spiro atoms. The molecule has 0 saturated heterocycles. The highest BCUT2D eigenvalue weighted by Crippen LogP contribution is 2.10. The molecule has 1 aromatic carbocycles. The number of rotatable bonds is 10. The van der Waals surface area contributed by atoms with Crippen molar-refractivity contribution < 1.29 is 13.2 Å². The second-order valence-electron chi connectivity index (χ2n) is 5.96. The Morgan fingerprint density at radius 3 is 2.04 bits per heavy atom. The number of amides is 1. The zero-order valence-corrected chi connectivity index (χ0v) is 15.6. The third-order valence-corrected chi connectivity index (χ3v) is 4.86. The number of hydrogen-bond acceptors (Lipinski definition) is 4. The van der Waals surface area contributed by atoms with Gasteiger partial charge in [-0.1, -0.05) is 26.7 Å². The van der Waals surface area contributed by atoms with Gasteiger partial charge in [0.1, 0.15) is 0 Å². The van der Waals surface area contributed by atoms with Crippen molar-refractivity contribution >= 4 is 15.9 Å². The number of nitrogens with one attached hydrogen (secondary N) is 1. The Morgan fingerprint density at radius 2 is 1.62 bits per heavy atom. The molecular weight excluding hydrogens is 326 g/mol. The molecule has 24 heavy (non-hydrogen) atoms. The fourth-order valence-corrected chi connectivity index (χ4v) is 2.90. The summed E-state index contributed by atoms with van der Waals surface area (Å²) in [5.74, 6) is -0.221. The summed E-state index contributed by atoms with van der Waals surface area (Å²) >= 11 is 0. The molecule has 0 bridgehead atoms. The number of hydrogen-bond donors (Lipinski definition) is 2. The molecule has 0 fully saturated rings. The Balaban J connectivity index is 2.72. The highest BCUT2D eigenvalue weighted by molar-refractivity contribution is 7.89. The largest absolute Gasteiger partial charge is 0.337 e. The van der Waals surface area contributed by atoms with Crippen molar-refractivity contribution in [3.05, 3.63) is 29.8 Å². The second kappa shape index (κ2) is 9.76. The Labute approximate surface area is 145 Å². The van der Waals surface area contributed by atoms with Gasteiger partial charge in [-0.2, -0.15) is 0 Å². The van der Waals surface area contributed by atoms with Gasteiger partial charge in [0.25, 0.3) is 5.91 Å². The molecule has 1 aromatic rings. The number of carbonyl (C=O) groups is 1. The molecule has 7 heteroatoms. The van der Waals surface area contributed by atoms with E-state index < -0.39 is 10.0 Å². The van der Waals surface area contributed by atoms with Gasteiger partial charge in [0.05, 0.1) is 11.1 Å². The highest BCUT2D eigenvalue weighted by atomic mass is 32.2. The van der Waals surface area contributed by atoms with Gasteiger partial charge in [-0.05, 0) is 44.0 Å². The predicted molar refractivity (Wildman–Crippen MR) is 96.1 cm³/mol. The minimum absolute atomic E-state index is 0.000355. The predicted octanol–water partition coefficient (Wildman–Crippen LogP) is 2.31. The van der Waals surface area contributed by atoms with Crippen LogP contribution in [0.25, 0.3) is 0 Å². The van der Waals surface area contributed by atoms with Crippen LogP contribution >= 0.6 is 0 Å². The van der Waals surface area contributed by atoms with Gasteiger partial charge in [-0.15, -0.1) is 0 Å². The molecule has 3 N–H and O–H groups in total. The fourth-order valence-electron chi connectivity index (χ4n) is 2.38. The molecule has 0 heterocycles. The van der Waals surface area contributed by atoms with E-state index in [0.29, 0.717) is 5.56 Å². The number of unbranched alkanes of at least 4 members (excludes halogenated alkanes) is 2. The lowest BCUT2D eigenvalue weighted by molar-refractivity contribution is 0.0861. The first-order chi connectivity index (χ1) is 11.3. The van der Waals surface area contributed by atoms with Crippen LogP contribution in [0, 0.1) is 0 Å². The molecule has 136 valence electrons. The summed E-state index contributed by atoms with van der Waals surface area (Å²) in [4.78, 5) is 14.6. The molecule has 0 aliphatic carbocycles. The van der Waals surface area contributed by atoms with E-state index in [1.807, 2.05) is 6.92 Å². The Morgan fingerprint density at radius 1 is 1.12 bits per heavy atom. The monoisotopic (exact) mass is 355 g/mol. The summed E-state index contributed by atoms with van der Waals surface area (Å²) in [6.45, 7) is 8.16. The van der Waals surface area contributed by atoms with Crippen molar-refractivity contribution in [1.82, 2.24) is 10.2 Å². The molecule has 0 aromatic heterocycles. The molecule has 1 unspecified atom stereocenters. The average molecular weight is 356 g/mol. The van der Waals surface area contributed by atoms with Crippen molar-refractivity contribution in [3.63, 3.8) is 0 Å². The Hall–Kier alpha value is -1.44. The van der Waals surface area contributed by atoms with E-state index in [-0.39, 0.29) is 17.0 Å². The lowest BCUT2D eigenvalue weighted by Crippen LogP contribution is -2.47. The van der Waals surface area contributed by atoms with Crippen LogP contribution in [0.2, 0.25) is 0 Å². The van der Waals surface area contributed by atoms with Crippen LogP contribution in [-0.4, -0.2) is 38.5 Å². The second-order valence-corrected chi connectivity index (χ2v) is 7.52. The van der Waals surface area contributed by atoms with Crippen LogP contribution in [0.1, 0.15) is 56.8 Å². The third-order valence-electron chi connectivity index (χ3n) is 3.93. The van der Waals surface area contributed by atoms with Gasteiger partial charge in [0.15, 0.2) is 0 Å². The number of sulfonamides is 1. The maximum atomic E-state index is 12.3. The highest BCUT2D eigenvalue weighted by Gasteiger charge is 2.17. The van der Waals surface area contributed by atoms with Crippen LogP contribution in [0.3, 0.4) is 0 Å². The normalized spacial score (nSPS) is 13.0. The van der Waals surface area contributed by atoms with E-state index in [2.05, 4.69) is 24.1 Å². The summed E-state index contributed by atoms with van der Waals surface area (Å²) in [6.07, 6.45) is 4.32. The van der Waals surface area contributed by atoms with Crippen LogP contribution in [0.15, 0.2) is 29.2 Å². The molecular formula is C17H29N3O3S. The molecule has 0 saturated carbocycles. The SMILES string of the molecule is CCCCN(CCCC)C(C)NC(=O)c1ccc(S(N)(=O)=O)cc1. The van der Waals surface area contributed by atoms with Gasteiger partial charge < -0.3 is 5.32 Å². The molecule has 0 aliphatic heterocycles. The van der Waals surface area contributed by atoms with E-state index in [9.17, 15) is 13.2 Å². The molecule has 1 atom stereocenters. The smallest absolute Gasteiger partial charge is 0.252 e. The topological polar surface area (TPSA) is 92.5 Å². The van der Waals surface area contributed by atoms with Crippen LogP contribution < -0.4 is 10.5 Å². The minimum Gasteiger partial charge on any atom is -0.337 e. The van der Waals surface area contributed by atoms with Crippen LogP contribution in [-0.2, 0) is 10.0 Å². The fraction of sp³-hybridized carbons (Fsp3) is 0.588. The lowest BCUT2D eigenvalue weighted by Gasteiger charge is -2.29.